The number of hydrogen-bond acceptors (Lipinski definition) is 4. The minimum atomic E-state index is -0.608. The predicted octanol–water partition coefficient (Wildman–Crippen LogP) is 3.27. The van der Waals surface area contributed by atoms with Gasteiger partial charge in [0, 0.05) is 6.92 Å². The minimum Gasteiger partial charge on any atom is -0.465 e. The van der Waals surface area contributed by atoms with Gasteiger partial charge in [0.2, 0.25) is 0 Å². The third kappa shape index (κ3) is 5.03. The number of ether oxygens (including phenoxy) is 2. The van der Waals surface area contributed by atoms with Crippen LogP contribution < -0.4 is 0 Å². The normalized spacial score (nSPS) is 13.3. The largest absolute Gasteiger partial charge is 0.465 e. The molecule has 0 radical (unpaired) electrons. The first kappa shape index (κ1) is 16.2. The van der Waals surface area contributed by atoms with Crippen LogP contribution in [0.25, 0.3) is 0 Å². The number of carbonyl (C=O) groups excluding carboxylic acids is 2. The lowest BCUT2D eigenvalue weighted by atomic mass is 9.97. The first-order valence-corrected chi connectivity index (χ1v) is 6.95. The van der Waals surface area contributed by atoms with Crippen LogP contribution in [0.5, 0.6) is 0 Å². The maximum atomic E-state index is 12.0. The lowest BCUT2D eigenvalue weighted by molar-refractivity contribution is -0.160. The van der Waals surface area contributed by atoms with Crippen molar-refractivity contribution in [2.45, 2.75) is 39.7 Å². The summed E-state index contributed by atoms with van der Waals surface area (Å²) in [4.78, 5) is 23.2. The van der Waals surface area contributed by atoms with Crippen molar-refractivity contribution in [1.82, 2.24) is 0 Å². The summed E-state index contributed by atoms with van der Waals surface area (Å²) in [5.41, 5.74) is 0.794. The van der Waals surface area contributed by atoms with Crippen molar-refractivity contribution >= 4 is 11.9 Å². The van der Waals surface area contributed by atoms with Crippen LogP contribution in [0.2, 0.25) is 0 Å². The molecule has 4 heteroatoms. The van der Waals surface area contributed by atoms with Crippen molar-refractivity contribution in [3.05, 3.63) is 35.9 Å². The van der Waals surface area contributed by atoms with Crippen LogP contribution in [-0.4, -0.2) is 18.5 Å². The van der Waals surface area contributed by atoms with Crippen LogP contribution >= 0.6 is 0 Å². The van der Waals surface area contributed by atoms with Gasteiger partial charge in [-0.1, -0.05) is 43.7 Å². The molecular weight excluding hydrogens is 256 g/mol. The van der Waals surface area contributed by atoms with Gasteiger partial charge in [0.25, 0.3) is 0 Å². The standard InChI is InChI=1S/C16H22O4/c1-4-5-11-19-16(18)12(2)15(20-13(3)17)14-9-7-6-8-10-14/h6-10,12,15H,4-5,11H2,1-3H3. The second-order valence-corrected chi connectivity index (χ2v) is 4.75. The highest BCUT2D eigenvalue weighted by molar-refractivity contribution is 5.74. The summed E-state index contributed by atoms with van der Waals surface area (Å²) >= 11 is 0. The van der Waals surface area contributed by atoms with Gasteiger partial charge in [-0.15, -0.1) is 0 Å². The SMILES string of the molecule is CCCCOC(=O)C(C)C(OC(C)=O)c1ccccc1. The van der Waals surface area contributed by atoms with Gasteiger partial charge in [0.1, 0.15) is 6.10 Å². The first-order valence-electron chi connectivity index (χ1n) is 6.95. The van der Waals surface area contributed by atoms with Gasteiger partial charge in [-0.05, 0) is 18.9 Å². The lowest BCUT2D eigenvalue weighted by Crippen LogP contribution is -2.25. The summed E-state index contributed by atoms with van der Waals surface area (Å²) in [6.45, 7) is 5.49. The highest BCUT2D eigenvalue weighted by atomic mass is 16.6. The van der Waals surface area contributed by atoms with E-state index in [0.717, 1.165) is 18.4 Å². The Kier molecular flexibility index (Phi) is 6.77. The van der Waals surface area contributed by atoms with Gasteiger partial charge >= 0.3 is 11.9 Å². The fraction of sp³-hybridized carbons (Fsp3) is 0.500. The van der Waals surface area contributed by atoms with Crippen LogP contribution in [0.1, 0.15) is 45.3 Å². The van der Waals surface area contributed by atoms with E-state index in [9.17, 15) is 9.59 Å². The Balaban J connectivity index is 2.77. The number of carbonyl (C=O) groups is 2. The zero-order valence-corrected chi connectivity index (χ0v) is 12.3. The molecule has 0 aliphatic carbocycles. The number of esters is 2. The summed E-state index contributed by atoms with van der Waals surface area (Å²) in [6, 6.07) is 9.24. The average molecular weight is 278 g/mol. The monoisotopic (exact) mass is 278 g/mol. The van der Waals surface area contributed by atoms with Crippen molar-refractivity contribution in [2.75, 3.05) is 6.61 Å². The Morgan fingerprint density at radius 3 is 2.40 bits per heavy atom. The molecule has 2 unspecified atom stereocenters. The molecule has 0 heterocycles. The summed E-state index contributed by atoms with van der Waals surface area (Å²) < 4.78 is 10.5. The molecule has 2 atom stereocenters. The summed E-state index contributed by atoms with van der Waals surface area (Å²) in [5.74, 6) is -1.28. The lowest BCUT2D eigenvalue weighted by Gasteiger charge is -2.22. The average Bonchev–Trinajstić information content (AvgIpc) is 2.45. The molecule has 1 aromatic carbocycles. The molecule has 0 bridgehead atoms. The molecule has 0 aromatic heterocycles. The van der Waals surface area contributed by atoms with Gasteiger partial charge in [0.15, 0.2) is 0 Å². The second kappa shape index (κ2) is 8.35. The van der Waals surface area contributed by atoms with Gasteiger partial charge in [-0.25, -0.2) is 0 Å². The van der Waals surface area contributed by atoms with E-state index in [2.05, 4.69) is 0 Å². The molecule has 110 valence electrons. The number of hydrogen-bond donors (Lipinski definition) is 0. The van der Waals surface area contributed by atoms with E-state index in [-0.39, 0.29) is 5.97 Å². The summed E-state index contributed by atoms with van der Waals surface area (Å²) in [6.07, 6.45) is 1.19. The molecule has 0 aliphatic heterocycles. The third-order valence-corrected chi connectivity index (χ3v) is 2.99. The van der Waals surface area contributed by atoms with Gasteiger partial charge in [-0.2, -0.15) is 0 Å². The van der Waals surface area contributed by atoms with Crippen LogP contribution in [0.15, 0.2) is 30.3 Å². The van der Waals surface area contributed by atoms with Gasteiger partial charge in [0.05, 0.1) is 12.5 Å². The molecule has 0 saturated heterocycles. The van der Waals surface area contributed by atoms with Crippen molar-refractivity contribution in [2.24, 2.45) is 5.92 Å². The quantitative estimate of drug-likeness (QED) is 0.567. The van der Waals surface area contributed by atoms with E-state index in [4.69, 9.17) is 9.47 Å². The topological polar surface area (TPSA) is 52.6 Å². The van der Waals surface area contributed by atoms with Crippen molar-refractivity contribution in [3.8, 4) is 0 Å². The number of unbranched alkanes of at least 4 members (excludes halogenated alkanes) is 1. The van der Waals surface area contributed by atoms with Crippen LogP contribution in [0.3, 0.4) is 0 Å². The van der Waals surface area contributed by atoms with Crippen LogP contribution in [0, 0.1) is 5.92 Å². The van der Waals surface area contributed by atoms with Gasteiger partial charge < -0.3 is 9.47 Å². The molecule has 0 amide bonds. The maximum Gasteiger partial charge on any atom is 0.312 e. The zero-order chi connectivity index (χ0) is 15.0. The fourth-order valence-electron chi connectivity index (χ4n) is 1.85. The molecule has 0 saturated carbocycles. The van der Waals surface area contributed by atoms with E-state index < -0.39 is 18.0 Å². The Labute approximate surface area is 120 Å². The van der Waals surface area contributed by atoms with E-state index in [1.54, 1.807) is 6.92 Å². The molecule has 0 N–H and O–H groups in total. The Morgan fingerprint density at radius 2 is 1.85 bits per heavy atom. The van der Waals surface area contributed by atoms with Crippen molar-refractivity contribution < 1.29 is 19.1 Å². The highest BCUT2D eigenvalue weighted by Gasteiger charge is 2.29. The Bertz CT molecular complexity index is 427. The van der Waals surface area contributed by atoms with Crippen molar-refractivity contribution in [1.29, 1.82) is 0 Å². The molecule has 1 rings (SSSR count). The molecule has 0 fully saturated rings. The molecule has 0 spiro atoms. The Hall–Kier alpha value is -1.84. The summed E-state index contributed by atoms with van der Waals surface area (Å²) in [5, 5.41) is 0. The van der Waals surface area contributed by atoms with E-state index in [1.165, 1.54) is 6.92 Å². The molecule has 4 nitrogen and oxygen atoms in total. The minimum absolute atomic E-state index is 0.339. The smallest absolute Gasteiger partial charge is 0.312 e. The molecule has 0 aliphatic rings. The second-order valence-electron chi connectivity index (χ2n) is 4.75. The zero-order valence-electron chi connectivity index (χ0n) is 12.3. The molecular formula is C16H22O4. The fourth-order valence-corrected chi connectivity index (χ4v) is 1.85. The number of rotatable bonds is 7. The van der Waals surface area contributed by atoms with Gasteiger partial charge in [-0.3, -0.25) is 9.59 Å². The Morgan fingerprint density at radius 1 is 1.20 bits per heavy atom. The van der Waals surface area contributed by atoms with Crippen molar-refractivity contribution in [3.63, 3.8) is 0 Å². The highest BCUT2D eigenvalue weighted by Crippen LogP contribution is 2.27. The first-order chi connectivity index (χ1) is 9.56. The van der Waals surface area contributed by atoms with E-state index in [1.807, 2.05) is 37.3 Å². The van der Waals surface area contributed by atoms with E-state index >= 15 is 0 Å². The maximum absolute atomic E-state index is 12.0. The summed E-state index contributed by atoms with van der Waals surface area (Å²) in [7, 11) is 0. The van der Waals surface area contributed by atoms with Crippen LogP contribution in [0.4, 0.5) is 0 Å². The predicted molar refractivity (Wildman–Crippen MR) is 76.0 cm³/mol. The number of benzene rings is 1. The molecule has 20 heavy (non-hydrogen) atoms. The third-order valence-electron chi connectivity index (χ3n) is 2.99. The van der Waals surface area contributed by atoms with Crippen LogP contribution in [-0.2, 0) is 19.1 Å². The van der Waals surface area contributed by atoms with E-state index in [0.29, 0.717) is 6.61 Å². The molecule has 1 aromatic rings.